The number of aliphatic imine (C=N–C) groups is 1. The van der Waals surface area contributed by atoms with Crippen LogP contribution in [0, 0.1) is 5.82 Å². The molecule has 0 N–H and O–H groups in total. The van der Waals surface area contributed by atoms with Gasteiger partial charge in [-0.05, 0) is 24.3 Å². The first-order valence-corrected chi connectivity index (χ1v) is 5.72. The monoisotopic (exact) mass is 245 g/mol. The molecule has 0 unspecified atom stereocenters. The highest BCUT2D eigenvalue weighted by Gasteiger charge is 2.09. The fourth-order valence-corrected chi connectivity index (χ4v) is 2.25. The predicted molar refractivity (Wildman–Crippen MR) is 64.7 cm³/mol. The molecule has 4 heteroatoms. The van der Waals surface area contributed by atoms with Crippen LogP contribution in [0.5, 0.6) is 0 Å². The van der Waals surface area contributed by atoms with Gasteiger partial charge < -0.3 is 0 Å². The smallest absolute Gasteiger partial charge is 0.211 e. The number of nitrogens with zero attached hydrogens (tertiary/aromatic N) is 1. The summed E-state index contributed by atoms with van der Waals surface area (Å²) in [5, 5.41) is 0. The van der Waals surface area contributed by atoms with Crippen molar-refractivity contribution in [1.82, 2.24) is 0 Å². The lowest BCUT2D eigenvalue weighted by molar-refractivity contribution is 0.565. The molecular formula is C13H8FNOS. The number of isocyanates is 1. The van der Waals surface area contributed by atoms with Crippen LogP contribution >= 0.6 is 11.8 Å². The van der Waals surface area contributed by atoms with E-state index in [1.807, 2.05) is 30.3 Å². The summed E-state index contributed by atoms with van der Waals surface area (Å²) in [7, 11) is 0. The van der Waals surface area contributed by atoms with Crippen LogP contribution in [0.4, 0.5) is 10.1 Å². The van der Waals surface area contributed by atoms with Crippen LogP contribution in [-0.4, -0.2) is 6.08 Å². The van der Waals surface area contributed by atoms with Gasteiger partial charge >= 0.3 is 0 Å². The molecule has 0 atom stereocenters. The van der Waals surface area contributed by atoms with Crippen molar-refractivity contribution in [3.05, 3.63) is 54.3 Å². The van der Waals surface area contributed by atoms with Crippen molar-refractivity contribution in [3.8, 4) is 0 Å². The van der Waals surface area contributed by atoms with Crippen molar-refractivity contribution >= 4 is 23.5 Å². The molecule has 17 heavy (non-hydrogen) atoms. The van der Waals surface area contributed by atoms with Crippen LogP contribution in [0.15, 0.2) is 63.3 Å². The van der Waals surface area contributed by atoms with Gasteiger partial charge in [0.15, 0.2) is 0 Å². The molecule has 0 saturated carbocycles. The lowest BCUT2D eigenvalue weighted by Gasteiger charge is -2.05. The van der Waals surface area contributed by atoms with Crippen LogP contribution in [0.25, 0.3) is 0 Å². The summed E-state index contributed by atoms with van der Waals surface area (Å²) in [6, 6.07) is 13.8. The normalized spacial score (nSPS) is 9.71. The van der Waals surface area contributed by atoms with E-state index in [0.29, 0.717) is 10.6 Å². The Morgan fingerprint density at radius 3 is 2.53 bits per heavy atom. The Kier molecular flexibility index (Phi) is 3.70. The van der Waals surface area contributed by atoms with Crippen molar-refractivity contribution < 1.29 is 9.18 Å². The van der Waals surface area contributed by atoms with E-state index in [-0.39, 0.29) is 0 Å². The number of hydrogen-bond acceptors (Lipinski definition) is 3. The molecule has 0 spiro atoms. The summed E-state index contributed by atoms with van der Waals surface area (Å²) in [5.74, 6) is -0.393. The van der Waals surface area contributed by atoms with Gasteiger partial charge in [-0.25, -0.2) is 9.18 Å². The number of halogens is 1. The molecule has 0 aliphatic carbocycles. The van der Waals surface area contributed by atoms with Crippen LogP contribution < -0.4 is 0 Å². The minimum atomic E-state index is -0.393. The molecular weight excluding hydrogens is 237 g/mol. The summed E-state index contributed by atoms with van der Waals surface area (Å²) in [6.07, 6.45) is 1.43. The fourth-order valence-electron chi connectivity index (χ4n) is 1.34. The van der Waals surface area contributed by atoms with Crippen molar-refractivity contribution in [2.45, 2.75) is 9.79 Å². The molecule has 0 fully saturated rings. The van der Waals surface area contributed by atoms with Gasteiger partial charge in [-0.15, -0.1) is 0 Å². The third kappa shape index (κ3) is 2.81. The Hall–Kier alpha value is -1.90. The molecule has 0 amide bonds. The molecule has 2 rings (SSSR count). The largest absolute Gasteiger partial charge is 0.240 e. The highest BCUT2D eigenvalue weighted by atomic mass is 32.2. The molecule has 2 aromatic carbocycles. The van der Waals surface area contributed by atoms with E-state index < -0.39 is 5.82 Å². The van der Waals surface area contributed by atoms with Crippen LogP contribution in [0.1, 0.15) is 0 Å². The highest BCUT2D eigenvalue weighted by molar-refractivity contribution is 7.99. The molecule has 0 aliphatic rings. The van der Waals surface area contributed by atoms with Gasteiger partial charge in [-0.2, -0.15) is 4.99 Å². The van der Waals surface area contributed by atoms with E-state index in [9.17, 15) is 9.18 Å². The number of carbonyl (C=O) groups excluding carboxylic acids is 1. The van der Waals surface area contributed by atoms with Crippen molar-refractivity contribution in [2.75, 3.05) is 0 Å². The summed E-state index contributed by atoms with van der Waals surface area (Å²) >= 11 is 1.23. The Balaban J connectivity index is 2.41. The van der Waals surface area contributed by atoms with E-state index in [1.165, 1.54) is 30.0 Å². The van der Waals surface area contributed by atoms with Gasteiger partial charge in [0.2, 0.25) is 6.08 Å². The van der Waals surface area contributed by atoms with Gasteiger partial charge in [-0.3, -0.25) is 0 Å². The molecule has 0 bridgehead atoms. The lowest BCUT2D eigenvalue weighted by Crippen LogP contribution is -1.81. The average molecular weight is 245 g/mol. The summed E-state index contributed by atoms with van der Waals surface area (Å²) in [4.78, 5) is 15.0. The molecule has 0 aliphatic heterocycles. The SMILES string of the molecule is O=C=Nc1cccc(F)c1Sc1ccccc1. The third-order valence-corrected chi connectivity index (χ3v) is 3.19. The lowest BCUT2D eigenvalue weighted by atomic mass is 10.3. The van der Waals surface area contributed by atoms with Crippen LogP contribution in [-0.2, 0) is 4.79 Å². The zero-order valence-corrected chi connectivity index (χ0v) is 9.58. The minimum absolute atomic E-state index is 0.300. The van der Waals surface area contributed by atoms with E-state index >= 15 is 0 Å². The van der Waals surface area contributed by atoms with E-state index in [4.69, 9.17) is 0 Å². The maximum atomic E-state index is 13.6. The Morgan fingerprint density at radius 2 is 1.82 bits per heavy atom. The molecule has 0 aromatic heterocycles. The standard InChI is InChI=1S/C13H8FNOS/c14-11-7-4-8-12(15-9-16)13(11)17-10-5-2-1-3-6-10/h1-8H. The second-order valence-corrected chi connectivity index (χ2v) is 4.29. The summed E-state index contributed by atoms with van der Waals surface area (Å²) in [6.45, 7) is 0. The van der Waals surface area contributed by atoms with Gasteiger partial charge in [0.25, 0.3) is 0 Å². The molecule has 2 nitrogen and oxygen atoms in total. The zero-order chi connectivity index (χ0) is 12.1. The number of benzene rings is 2. The van der Waals surface area contributed by atoms with Crippen molar-refractivity contribution in [2.24, 2.45) is 4.99 Å². The van der Waals surface area contributed by atoms with E-state index in [2.05, 4.69) is 4.99 Å². The first kappa shape index (κ1) is 11.6. The van der Waals surface area contributed by atoms with Gasteiger partial charge in [0, 0.05) is 4.90 Å². The van der Waals surface area contributed by atoms with Gasteiger partial charge in [0.1, 0.15) is 5.82 Å². The Labute approximate surface area is 102 Å². The molecule has 0 radical (unpaired) electrons. The van der Waals surface area contributed by atoms with E-state index in [0.717, 1.165) is 4.90 Å². The quantitative estimate of drug-likeness (QED) is 0.605. The molecule has 84 valence electrons. The predicted octanol–water partition coefficient (Wildman–Crippen LogP) is 3.94. The maximum Gasteiger partial charge on any atom is 0.240 e. The van der Waals surface area contributed by atoms with Gasteiger partial charge in [-0.1, -0.05) is 36.0 Å². The second-order valence-electron chi connectivity index (χ2n) is 3.21. The Bertz CT molecular complexity index is 565. The summed E-state index contributed by atoms with van der Waals surface area (Å²) < 4.78 is 13.6. The Morgan fingerprint density at radius 1 is 1.06 bits per heavy atom. The zero-order valence-electron chi connectivity index (χ0n) is 8.76. The minimum Gasteiger partial charge on any atom is -0.211 e. The van der Waals surface area contributed by atoms with Crippen LogP contribution in [0.3, 0.4) is 0 Å². The molecule has 2 aromatic rings. The first-order valence-electron chi connectivity index (χ1n) is 4.90. The number of rotatable bonds is 3. The highest BCUT2D eigenvalue weighted by Crippen LogP contribution is 2.36. The molecule has 0 saturated heterocycles. The maximum absolute atomic E-state index is 13.6. The molecule has 0 heterocycles. The second kappa shape index (κ2) is 5.43. The van der Waals surface area contributed by atoms with Crippen molar-refractivity contribution in [1.29, 1.82) is 0 Å². The third-order valence-electron chi connectivity index (χ3n) is 2.08. The van der Waals surface area contributed by atoms with Gasteiger partial charge in [0.05, 0.1) is 10.6 Å². The number of hydrogen-bond donors (Lipinski definition) is 0. The first-order chi connectivity index (χ1) is 8.31. The fraction of sp³-hybridized carbons (Fsp3) is 0. The van der Waals surface area contributed by atoms with Crippen molar-refractivity contribution in [3.63, 3.8) is 0 Å². The van der Waals surface area contributed by atoms with Crippen LogP contribution in [0.2, 0.25) is 0 Å². The average Bonchev–Trinajstić information content (AvgIpc) is 2.35. The van der Waals surface area contributed by atoms with E-state index in [1.54, 1.807) is 6.07 Å². The topological polar surface area (TPSA) is 29.4 Å². The summed E-state index contributed by atoms with van der Waals surface area (Å²) in [5.41, 5.74) is 0.300.